The van der Waals surface area contributed by atoms with Crippen molar-refractivity contribution in [1.82, 2.24) is 19.7 Å². The topological polar surface area (TPSA) is 56.8 Å². The molecule has 1 aromatic heterocycles. The molecule has 11 heteroatoms. The van der Waals surface area contributed by atoms with E-state index in [0.29, 0.717) is 26.2 Å². The molecule has 4 heterocycles. The molecule has 224 valence electrons. The molecule has 1 aromatic carbocycles. The van der Waals surface area contributed by atoms with Crippen molar-refractivity contribution in [3.05, 3.63) is 76.2 Å². The van der Waals surface area contributed by atoms with Crippen molar-refractivity contribution < 1.29 is 31.5 Å². The van der Waals surface area contributed by atoms with Crippen LogP contribution in [-0.2, 0) is 16.4 Å². The molecule has 0 radical (unpaired) electrons. The van der Waals surface area contributed by atoms with E-state index in [0.717, 1.165) is 36.7 Å². The van der Waals surface area contributed by atoms with E-state index in [-0.39, 0.29) is 52.8 Å². The summed E-state index contributed by atoms with van der Waals surface area (Å²) >= 11 is 0. The third kappa shape index (κ3) is 5.15. The number of nitrogens with zero attached hydrogens (tertiary/aromatic N) is 4. The SMILES string of the molecule is Cc1cc(C(F)(F)F)nc(C)c1C(=O)N1CC2=CN(CCC3(c4ccccc4)CN(C(=O)C4CC(F)(F)C4)C3)CC2C1. The highest BCUT2D eigenvalue weighted by atomic mass is 19.4. The zero-order valence-corrected chi connectivity index (χ0v) is 23.6. The van der Waals surface area contributed by atoms with Crippen LogP contribution in [0.4, 0.5) is 22.0 Å². The minimum absolute atomic E-state index is 0.0743. The van der Waals surface area contributed by atoms with E-state index in [1.807, 2.05) is 18.2 Å². The number of rotatable bonds is 6. The Labute approximate surface area is 241 Å². The third-order valence-electron chi connectivity index (χ3n) is 9.33. The van der Waals surface area contributed by atoms with Crippen molar-refractivity contribution in [2.75, 3.05) is 39.3 Å². The summed E-state index contributed by atoms with van der Waals surface area (Å²) in [7, 11) is 0. The van der Waals surface area contributed by atoms with E-state index in [9.17, 15) is 31.5 Å². The Bertz CT molecular complexity index is 1400. The van der Waals surface area contributed by atoms with Gasteiger partial charge in [0.15, 0.2) is 0 Å². The fourth-order valence-electron chi connectivity index (χ4n) is 7.03. The van der Waals surface area contributed by atoms with Crippen LogP contribution >= 0.6 is 0 Å². The average Bonchev–Trinajstić information content (AvgIpc) is 3.45. The maximum Gasteiger partial charge on any atom is 0.433 e. The van der Waals surface area contributed by atoms with Crippen LogP contribution in [0.1, 0.15) is 52.1 Å². The Balaban J connectivity index is 1.09. The number of alkyl halides is 5. The van der Waals surface area contributed by atoms with Crippen LogP contribution in [0.25, 0.3) is 0 Å². The second-order valence-electron chi connectivity index (χ2n) is 12.4. The Kier molecular flexibility index (Phi) is 6.85. The van der Waals surface area contributed by atoms with Crippen LogP contribution in [0.3, 0.4) is 0 Å². The van der Waals surface area contributed by atoms with Gasteiger partial charge >= 0.3 is 6.18 Å². The first-order chi connectivity index (χ1) is 19.7. The third-order valence-corrected chi connectivity index (χ3v) is 9.33. The molecule has 2 saturated heterocycles. The normalized spacial score (nSPS) is 22.9. The van der Waals surface area contributed by atoms with Crippen molar-refractivity contribution in [3.8, 4) is 0 Å². The summed E-state index contributed by atoms with van der Waals surface area (Å²) in [4.78, 5) is 35.4. The molecule has 6 nitrogen and oxygen atoms in total. The number of fused-ring (bicyclic) bond motifs is 1. The Hall–Kier alpha value is -3.50. The number of hydrogen-bond donors (Lipinski definition) is 0. The summed E-state index contributed by atoms with van der Waals surface area (Å²) in [5.74, 6) is -3.66. The fraction of sp³-hybridized carbons (Fsp3) is 0.516. The van der Waals surface area contributed by atoms with E-state index in [4.69, 9.17) is 0 Å². The lowest BCUT2D eigenvalue weighted by molar-refractivity contribution is -0.166. The Morgan fingerprint density at radius 1 is 1.02 bits per heavy atom. The molecule has 3 aliphatic heterocycles. The quantitative estimate of drug-likeness (QED) is 0.436. The van der Waals surface area contributed by atoms with Gasteiger partial charge in [0.05, 0.1) is 11.3 Å². The van der Waals surface area contributed by atoms with E-state index in [2.05, 4.69) is 28.2 Å². The number of pyridine rings is 1. The van der Waals surface area contributed by atoms with E-state index < -0.39 is 23.7 Å². The van der Waals surface area contributed by atoms with Crippen LogP contribution in [0.2, 0.25) is 0 Å². The van der Waals surface area contributed by atoms with Gasteiger partial charge in [0.2, 0.25) is 11.8 Å². The lowest BCUT2D eigenvalue weighted by Gasteiger charge is -2.53. The first-order valence-electron chi connectivity index (χ1n) is 14.3. The van der Waals surface area contributed by atoms with Crippen molar-refractivity contribution in [1.29, 1.82) is 0 Å². The zero-order chi connectivity index (χ0) is 30.0. The lowest BCUT2D eigenvalue weighted by Crippen LogP contribution is -2.64. The maximum atomic E-state index is 13.3. The second-order valence-corrected chi connectivity index (χ2v) is 12.4. The molecule has 0 bridgehead atoms. The number of hydrogen-bond acceptors (Lipinski definition) is 4. The molecule has 6 rings (SSSR count). The Morgan fingerprint density at radius 2 is 1.71 bits per heavy atom. The predicted octanol–water partition coefficient (Wildman–Crippen LogP) is 5.20. The number of carbonyl (C=O) groups is 2. The van der Waals surface area contributed by atoms with E-state index in [1.54, 1.807) is 9.80 Å². The summed E-state index contributed by atoms with van der Waals surface area (Å²) in [6, 6.07) is 10.9. The first-order valence-corrected chi connectivity index (χ1v) is 14.3. The number of aryl methyl sites for hydroxylation is 2. The second kappa shape index (κ2) is 10.1. The van der Waals surface area contributed by atoms with E-state index in [1.165, 1.54) is 13.8 Å². The van der Waals surface area contributed by atoms with E-state index >= 15 is 0 Å². The van der Waals surface area contributed by atoms with Crippen LogP contribution in [0, 0.1) is 25.7 Å². The van der Waals surface area contributed by atoms with Crippen LogP contribution in [0.5, 0.6) is 0 Å². The molecule has 2 amide bonds. The van der Waals surface area contributed by atoms with Gasteiger partial charge in [-0.25, -0.2) is 13.8 Å². The molecule has 1 saturated carbocycles. The Morgan fingerprint density at radius 3 is 2.31 bits per heavy atom. The average molecular weight is 589 g/mol. The number of likely N-dealkylation sites (tertiary alicyclic amines) is 2. The van der Waals surface area contributed by atoms with Gasteiger partial charge in [-0.15, -0.1) is 0 Å². The van der Waals surface area contributed by atoms with Gasteiger partial charge in [0, 0.05) is 75.6 Å². The van der Waals surface area contributed by atoms with Gasteiger partial charge in [-0.2, -0.15) is 13.2 Å². The minimum Gasteiger partial charge on any atom is -0.377 e. The fourth-order valence-corrected chi connectivity index (χ4v) is 7.03. The number of amides is 2. The highest BCUT2D eigenvalue weighted by molar-refractivity contribution is 5.97. The molecule has 1 aliphatic carbocycles. The highest BCUT2D eigenvalue weighted by Crippen LogP contribution is 2.46. The maximum absolute atomic E-state index is 13.3. The lowest BCUT2D eigenvalue weighted by atomic mass is 9.69. The van der Waals surface area contributed by atoms with Crippen molar-refractivity contribution in [3.63, 3.8) is 0 Å². The summed E-state index contributed by atoms with van der Waals surface area (Å²) in [5, 5.41) is 0. The smallest absolute Gasteiger partial charge is 0.377 e. The molecule has 0 N–H and O–H groups in total. The van der Waals surface area contributed by atoms with Gasteiger partial charge in [0.25, 0.3) is 5.91 Å². The minimum atomic E-state index is -4.57. The van der Waals surface area contributed by atoms with Crippen molar-refractivity contribution in [2.24, 2.45) is 11.8 Å². The highest BCUT2D eigenvalue weighted by Gasteiger charge is 2.54. The summed E-state index contributed by atoms with van der Waals surface area (Å²) in [6.07, 6.45) is -2.43. The summed E-state index contributed by atoms with van der Waals surface area (Å²) < 4.78 is 66.1. The number of carbonyl (C=O) groups excluding carboxylic acids is 2. The zero-order valence-electron chi connectivity index (χ0n) is 23.6. The molecule has 1 unspecified atom stereocenters. The molecular weight excluding hydrogens is 555 g/mol. The molecular formula is C31H33F5N4O2. The number of halogens is 5. The van der Waals surface area contributed by atoms with Crippen molar-refractivity contribution >= 4 is 11.8 Å². The largest absolute Gasteiger partial charge is 0.433 e. The van der Waals surface area contributed by atoms with Crippen molar-refractivity contribution in [2.45, 2.75) is 50.6 Å². The summed E-state index contributed by atoms with van der Waals surface area (Å²) in [5.41, 5.74) is 1.56. The predicted molar refractivity (Wildman–Crippen MR) is 145 cm³/mol. The molecule has 1 atom stereocenters. The molecule has 4 aliphatic rings. The molecule has 3 fully saturated rings. The number of aromatic nitrogens is 1. The van der Waals surface area contributed by atoms with Gasteiger partial charge in [-0.05, 0) is 43.0 Å². The van der Waals surface area contributed by atoms with Crippen LogP contribution in [-0.4, -0.2) is 76.7 Å². The van der Waals surface area contributed by atoms with Gasteiger partial charge in [-0.3, -0.25) is 9.59 Å². The molecule has 0 spiro atoms. The standard InChI is InChI=1S/C31H33F5N4O2/c1-19-10-25(31(34,35)36)37-20(2)26(19)28(42)39-15-22-13-38(14-23(22)16-39)9-8-29(24-6-4-3-5-7-24)17-40(18-29)27(41)21-11-30(32,33)12-21/h3-7,10,13,21,23H,8-9,11-12,14-18H2,1-2H3. The number of benzene rings is 1. The van der Waals surface area contributed by atoms with Gasteiger partial charge < -0.3 is 14.7 Å². The van der Waals surface area contributed by atoms with Gasteiger partial charge in [0.1, 0.15) is 5.69 Å². The molecule has 2 aromatic rings. The van der Waals surface area contributed by atoms with Gasteiger partial charge in [-0.1, -0.05) is 30.3 Å². The van der Waals surface area contributed by atoms with Crippen LogP contribution < -0.4 is 0 Å². The first kappa shape index (κ1) is 28.6. The van der Waals surface area contributed by atoms with Crippen LogP contribution in [0.15, 0.2) is 48.2 Å². The molecule has 42 heavy (non-hydrogen) atoms. The monoisotopic (exact) mass is 588 g/mol. The summed E-state index contributed by atoms with van der Waals surface area (Å²) in [6.45, 7) is 6.33.